The van der Waals surface area contributed by atoms with Crippen molar-refractivity contribution in [2.24, 2.45) is 0 Å². The highest BCUT2D eigenvalue weighted by Gasteiger charge is 2.44. The van der Waals surface area contributed by atoms with Crippen LogP contribution >= 0.6 is 0 Å². The van der Waals surface area contributed by atoms with Gasteiger partial charge in [-0.1, -0.05) is 49.3 Å². The molecular formula is C33H38N8O3. The maximum atomic E-state index is 12.7. The van der Waals surface area contributed by atoms with E-state index in [1.54, 1.807) is 6.20 Å². The van der Waals surface area contributed by atoms with Gasteiger partial charge in [-0.3, -0.25) is 4.79 Å². The highest BCUT2D eigenvalue weighted by molar-refractivity contribution is 5.98. The third kappa shape index (κ3) is 4.99. The zero-order valence-corrected chi connectivity index (χ0v) is 25.3. The number of benzene rings is 2. The fourth-order valence-corrected chi connectivity index (χ4v) is 6.67. The molecule has 4 aromatic rings. The molecule has 2 bridgehead atoms. The highest BCUT2D eigenvalue weighted by Crippen LogP contribution is 2.42. The van der Waals surface area contributed by atoms with Crippen molar-refractivity contribution in [3.8, 4) is 11.5 Å². The zero-order valence-electron chi connectivity index (χ0n) is 25.3. The van der Waals surface area contributed by atoms with Gasteiger partial charge in [0, 0.05) is 34.3 Å². The van der Waals surface area contributed by atoms with E-state index in [-0.39, 0.29) is 29.4 Å². The molecule has 1 unspecified atom stereocenters. The molecule has 8 rings (SSSR count). The van der Waals surface area contributed by atoms with E-state index in [0.717, 1.165) is 61.5 Å². The predicted octanol–water partition coefficient (Wildman–Crippen LogP) is 4.56. The second-order valence-electron chi connectivity index (χ2n) is 12.8. The molecule has 4 aliphatic heterocycles. The van der Waals surface area contributed by atoms with Gasteiger partial charge in [0.2, 0.25) is 5.95 Å². The van der Waals surface area contributed by atoms with E-state index in [4.69, 9.17) is 14.5 Å². The number of nitrogens with zero attached hydrogens (tertiary/aromatic N) is 5. The molecule has 0 aliphatic carbocycles. The molecule has 6 heterocycles. The maximum Gasteiger partial charge on any atom is 0.263 e. The first-order chi connectivity index (χ1) is 21.3. The van der Waals surface area contributed by atoms with Gasteiger partial charge in [0.25, 0.3) is 11.8 Å². The van der Waals surface area contributed by atoms with Gasteiger partial charge in [0.1, 0.15) is 11.4 Å². The lowest BCUT2D eigenvalue weighted by Crippen LogP contribution is -2.51. The zero-order chi connectivity index (χ0) is 30.5. The molecule has 2 aromatic carbocycles. The van der Waals surface area contributed by atoms with Crippen molar-refractivity contribution in [2.75, 3.05) is 36.9 Å². The minimum Gasteiger partial charge on any atom is -0.394 e. The highest BCUT2D eigenvalue weighted by atomic mass is 16.5. The third-order valence-electron chi connectivity index (χ3n) is 9.98. The first-order valence-electron chi connectivity index (χ1n) is 15.3. The first-order valence-corrected chi connectivity index (χ1v) is 15.3. The Hall–Kier alpha value is -4.35. The van der Waals surface area contributed by atoms with Gasteiger partial charge in [0.15, 0.2) is 5.82 Å². The molecule has 2 atom stereocenters. The minimum absolute atomic E-state index is 0.0162. The number of anilines is 3. The SMILES string of the molecule is CC1NC(=O)c2ccc(Nc3ncc(-c4nc(C56CCN(CC5)CC6)no4)c(N[C@H](CO)c4ccccc4)n3)cc2C1(C)C. The Morgan fingerprint density at radius 3 is 2.55 bits per heavy atom. The van der Waals surface area contributed by atoms with Gasteiger partial charge in [0.05, 0.1) is 12.6 Å². The van der Waals surface area contributed by atoms with Gasteiger partial charge in [-0.2, -0.15) is 9.97 Å². The topological polar surface area (TPSA) is 141 Å². The molecule has 11 heteroatoms. The molecule has 3 saturated heterocycles. The Morgan fingerprint density at radius 1 is 1.07 bits per heavy atom. The van der Waals surface area contributed by atoms with Crippen molar-refractivity contribution in [3.63, 3.8) is 0 Å². The van der Waals surface area contributed by atoms with Crippen LogP contribution in [0.2, 0.25) is 0 Å². The normalized spacial score (nSPS) is 24.3. The van der Waals surface area contributed by atoms with Gasteiger partial charge >= 0.3 is 0 Å². The fourth-order valence-electron chi connectivity index (χ4n) is 6.67. The van der Waals surface area contributed by atoms with Gasteiger partial charge in [-0.25, -0.2) is 4.98 Å². The van der Waals surface area contributed by atoms with Crippen molar-refractivity contribution in [3.05, 3.63) is 77.2 Å². The Labute approximate surface area is 256 Å². The van der Waals surface area contributed by atoms with Crippen molar-refractivity contribution in [1.29, 1.82) is 0 Å². The van der Waals surface area contributed by atoms with Crippen LogP contribution in [0.4, 0.5) is 17.5 Å². The van der Waals surface area contributed by atoms with Crippen LogP contribution in [0.25, 0.3) is 11.5 Å². The number of amides is 1. The Balaban J connectivity index is 1.24. The summed E-state index contributed by atoms with van der Waals surface area (Å²) < 4.78 is 5.86. The molecule has 2 aromatic heterocycles. The number of aliphatic hydroxyl groups excluding tert-OH is 1. The molecular weight excluding hydrogens is 556 g/mol. The smallest absolute Gasteiger partial charge is 0.263 e. The summed E-state index contributed by atoms with van der Waals surface area (Å²) in [5, 5.41) is 24.6. The summed E-state index contributed by atoms with van der Waals surface area (Å²) in [7, 11) is 0. The van der Waals surface area contributed by atoms with Crippen LogP contribution in [-0.4, -0.2) is 68.3 Å². The second-order valence-corrected chi connectivity index (χ2v) is 12.8. The number of aromatic nitrogens is 4. The molecule has 3 fully saturated rings. The Bertz CT molecular complexity index is 1670. The third-order valence-corrected chi connectivity index (χ3v) is 9.98. The summed E-state index contributed by atoms with van der Waals surface area (Å²) in [6.45, 7) is 9.29. The molecule has 0 radical (unpaired) electrons. The maximum absolute atomic E-state index is 12.7. The van der Waals surface area contributed by atoms with E-state index < -0.39 is 6.04 Å². The van der Waals surface area contributed by atoms with Crippen LogP contribution < -0.4 is 16.0 Å². The molecule has 228 valence electrons. The standard InChI is InChI=1S/C33H38N8O3/c1-20-32(2,3)25-17-22(9-10-23(25)28(43)35-20)36-31-34-18-24(27(38-31)37-26(19-42)21-7-5-4-6-8-21)29-39-30(40-44-29)33-11-14-41(15-12-33)16-13-33/h4-10,17-18,20,26,42H,11-16,19H2,1-3H3,(H,35,43)(H2,34,36,37,38)/t20?,26-/m1/s1. The Morgan fingerprint density at radius 2 is 1.82 bits per heavy atom. The van der Waals surface area contributed by atoms with E-state index in [1.807, 2.05) is 55.5 Å². The predicted molar refractivity (Wildman–Crippen MR) is 167 cm³/mol. The monoisotopic (exact) mass is 594 g/mol. The molecule has 0 saturated carbocycles. The van der Waals surface area contributed by atoms with E-state index >= 15 is 0 Å². The molecule has 4 aliphatic rings. The minimum atomic E-state index is -0.425. The van der Waals surface area contributed by atoms with Crippen LogP contribution in [0.3, 0.4) is 0 Å². The Kier molecular flexibility index (Phi) is 7.09. The average Bonchev–Trinajstić information content (AvgIpc) is 3.55. The van der Waals surface area contributed by atoms with Crippen LogP contribution in [0.1, 0.15) is 73.4 Å². The number of piperidine rings is 3. The lowest BCUT2D eigenvalue weighted by atomic mass is 9.71. The van der Waals surface area contributed by atoms with Gasteiger partial charge in [-0.15, -0.1) is 0 Å². The molecule has 0 spiro atoms. The summed E-state index contributed by atoms with van der Waals surface area (Å²) >= 11 is 0. The number of fused-ring (bicyclic) bond motifs is 4. The summed E-state index contributed by atoms with van der Waals surface area (Å²) in [6.07, 6.45) is 4.74. The summed E-state index contributed by atoms with van der Waals surface area (Å²) in [5.41, 5.74) is 3.56. The van der Waals surface area contributed by atoms with E-state index in [2.05, 4.69) is 44.8 Å². The fraction of sp³-hybridized carbons (Fsp3) is 0.424. The number of aliphatic hydroxyl groups is 1. The second kappa shape index (κ2) is 11.0. The van der Waals surface area contributed by atoms with Gasteiger partial charge in [-0.05, 0) is 75.1 Å². The number of hydrogen-bond donors (Lipinski definition) is 4. The van der Waals surface area contributed by atoms with Crippen LogP contribution in [0.5, 0.6) is 0 Å². The number of hydrogen-bond acceptors (Lipinski definition) is 10. The van der Waals surface area contributed by atoms with Crippen LogP contribution in [0, 0.1) is 0 Å². The molecule has 1 amide bonds. The van der Waals surface area contributed by atoms with Crippen LogP contribution in [-0.2, 0) is 10.8 Å². The summed E-state index contributed by atoms with van der Waals surface area (Å²) in [4.78, 5) is 29.5. The quantitative estimate of drug-likeness (QED) is 0.229. The number of carbonyl (C=O) groups excluding carboxylic acids is 1. The lowest BCUT2D eigenvalue weighted by Gasteiger charge is -2.46. The number of rotatable bonds is 8. The van der Waals surface area contributed by atoms with Gasteiger partial charge < -0.3 is 30.5 Å². The van der Waals surface area contributed by atoms with Crippen molar-refractivity contribution >= 4 is 23.4 Å². The van der Waals surface area contributed by atoms with Crippen molar-refractivity contribution < 1.29 is 14.4 Å². The molecule has 44 heavy (non-hydrogen) atoms. The summed E-state index contributed by atoms with van der Waals surface area (Å²) in [5.74, 6) is 1.83. The van der Waals surface area contributed by atoms with Crippen molar-refractivity contribution in [1.82, 2.24) is 30.3 Å². The molecule has 4 N–H and O–H groups in total. The van der Waals surface area contributed by atoms with E-state index in [1.165, 1.54) is 0 Å². The van der Waals surface area contributed by atoms with Crippen LogP contribution in [0.15, 0.2) is 59.3 Å². The average molecular weight is 595 g/mol. The van der Waals surface area contributed by atoms with E-state index in [9.17, 15) is 9.90 Å². The van der Waals surface area contributed by atoms with Crippen molar-refractivity contribution in [2.45, 2.75) is 62.9 Å². The van der Waals surface area contributed by atoms with E-state index in [0.29, 0.717) is 28.8 Å². The lowest BCUT2D eigenvalue weighted by molar-refractivity contribution is 0.0747. The first kappa shape index (κ1) is 28.4. The molecule has 11 nitrogen and oxygen atoms in total. The largest absolute Gasteiger partial charge is 0.394 e. The number of carbonyl (C=O) groups is 1. The summed E-state index contributed by atoms with van der Waals surface area (Å²) in [6, 6.07) is 15.0. The number of nitrogens with one attached hydrogen (secondary N) is 3.